The van der Waals surface area contributed by atoms with E-state index in [1.807, 2.05) is 89.8 Å². The van der Waals surface area contributed by atoms with Gasteiger partial charge in [-0.3, -0.25) is 9.59 Å². The summed E-state index contributed by atoms with van der Waals surface area (Å²) < 4.78 is 2.07. The van der Waals surface area contributed by atoms with Crippen molar-refractivity contribution in [1.82, 2.24) is 14.8 Å². The summed E-state index contributed by atoms with van der Waals surface area (Å²) in [5, 5.41) is 4.76. The van der Waals surface area contributed by atoms with Crippen LogP contribution in [0.5, 0.6) is 0 Å². The summed E-state index contributed by atoms with van der Waals surface area (Å²) in [4.78, 5) is 28.5. The Morgan fingerprint density at radius 1 is 0.914 bits per heavy atom. The highest BCUT2D eigenvalue weighted by atomic mass is 35.5. The van der Waals surface area contributed by atoms with Gasteiger partial charge in [-0.1, -0.05) is 72.3 Å². The molecule has 0 bridgehead atoms. The lowest BCUT2D eigenvalue weighted by molar-refractivity contribution is -0.126. The van der Waals surface area contributed by atoms with Crippen LogP contribution >= 0.6 is 11.6 Å². The van der Waals surface area contributed by atoms with Crippen LogP contribution < -0.4 is 5.32 Å². The van der Waals surface area contributed by atoms with Crippen LogP contribution in [0.3, 0.4) is 0 Å². The number of benzene rings is 3. The molecule has 1 atom stereocenters. The molecule has 1 saturated heterocycles. The van der Waals surface area contributed by atoms with Gasteiger partial charge in [0.15, 0.2) is 0 Å². The van der Waals surface area contributed by atoms with Crippen molar-refractivity contribution in [3.8, 4) is 0 Å². The molecule has 1 aliphatic rings. The van der Waals surface area contributed by atoms with Crippen molar-refractivity contribution >= 4 is 34.3 Å². The third-order valence-electron chi connectivity index (χ3n) is 6.67. The van der Waals surface area contributed by atoms with Gasteiger partial charge < -0.3 is 14.8 Å². The van der Waals surface area contributed by atoms with Crippen molar-refractivity contribution in [2.45, 2.75) is 25.9 Å². The molecule has 1 unspecified atom stereocenters. The van der Waals surface area contributed by atoms with E-state index in [9.17, 15) is 9.59 Å². The molecule has 3 aromatic carbocycles. The van der Waals surface area contributed by atoms with Gasteiger partial charge in [0, 0.05) is 42.1 Å². The SMILES string of the molecule is O=C(NCc1ccccc1)C1CCCN(C(=O)c2cc3ccccc3n2Cc2ccc(Cl)cc2)C1. The fourth-order valence-corrected chi connectivity index (χ4v) is 4.92. The molecule has 6 heteroatoms. The Balaban J connectivity index is 1.34. The predicted molar refractivity (Wildman–Crippen MR) is 139 cm³/mol. The van der Waals surface area contributed by atoms with E-state index < -0.39 is 0 Å². The number of amides is 2. The summed E-state index contributed by atoms with van der Waals surface area (Å²) in [6.07, 6.45) is 1.60. The Morgan fingerprint density at radius 3 is 2.46 bits per heavy atom. The maximum absolute atomic E-state index is 13.7. The molecule has 1 N–H and O–H groups in total. The highest BCUT2D eigenvalue weighted by Crippen LogP contribution is 2.25. The van der Waals surface area contributed by atoms with Gasteiger partial charge in [-0.05, 0) is 48.2 Å². The van der Waals surface area contributed by atoms with Crippen LogP contribution in [0.2, 0.25) is 5.02 Å². The lowest BCUT2D eigenvalue weighted by Gasteiger charge is -2.32. The van der Waals surface area contributed by atoms with Gasteiger partial charge in [0.2, 0.25) is 5.91 Å². The minimum absolute atomic E-state index is 0.00746. The number of carbonyl (C=O) groups excluding carboxylic acids is 2. The van der Waals surface area contributed by atoms with Crippen LogP contribution in [0.1, 0.15) is 34.5 Å². The topological polar surface area (TPSA) is 54.3 Å². The molecule has 0 spiro atoms. The van der Waals surface area contributed by atoms with Crippen molar-refractivity contribution < 1.29 is 9.59 Å². The second-order valence-electron chi connectivity index (χ2n) is 9.09. The standard InChI is InChI=1S/C29H28ClN3O2/c30-25-14-12-22(13-15-25)19-33-26-11-5-4-9-23(26)17-27(33)29(35)32-16-6-10-24(20-32)28(34)31-18-21-7-2-1-3-8-21/h1-5,7-9,11-15,17,24H,6,10,16,18-20H2,(H,31,34). The van der Waals surface area contributed by atoms with E-state index in [2.05, 4.69) is 9.88 Å². The average Bonchev–Trinajstić information content (AvgIpc) is 3.27. The monoisotopic (exact) mass is 485 g/mol. The summed E-state index contributed by atoms with van der Waals surface area (Å²) in [6.45, 7) is 2.16. The molecule has 0 aliphatic carbocycles. The molecule has 2 heterocycles. The maximum Gasteiger partial charge on any atom is 0.270 e. The molecule has 2 amide bonds. The Morgan fingerprint density at radius 2 is 1.66 bits per heavy atom. The minimum Gasteiger partial charge on any atom is -0.352 e. The minimum atomic E-state index is -0.203. The number of hydrogen-bond donors (Lipinski definition) is 1. The van der Waals surface area contributed by atoms with Gasteiger partial charge in [0.1, 0.15) is 5.69 Å². The molecule has 5 rings (SSSR count). The van der Waals surface area contributed by atoms with Crippen molar-refractivity contribution in [2.24, 2.45) is 5.92 Å². The normalized spacial score (nSPS) is 15.8. The van der Waals surface area contributed by atoms with Crippen molar-refractivity contribution in [3.05, 3.63) is 107 Å². The van der Waals surface area contributed by atoms with E-state index in [-0.39, 0.29) is 17.7 Å². The number of nitrogens with one attached hydrogen (secondary N) is 1. The number of rotatable bonds is 6. The Labute approximate surface area is 210 Å². The number of likely N-dealkylation sites (tertiary alicyclic amines) is 1. The number of fused-ring (bicyclic) bond motifs is 1. The lowest BCUT2D eigenvalue weighted by Crippen LogP contribution is -2.45. The van der Waals surface area contributed by atoms with Crippen LogP contribution in [0.4, 0.5) is 0 Å². The van der Waals surface area contributed by atoms with Crippen LogP contribution in [-0.4, -0.2) is 34.4 Å². The summed E-state index contributed by atoms with van der Waals surface area (Å²) in [5.74, 6) is -0.228. The first-order valence-electron chi connectivity index (χ1n) is 12.0. The molecule has 1 aliphatic heterocycles. The first-order valence-corrected chi connectivity index (χ1v) is 12.4. The fraction of sp³-hybridized carbons (Fsp3) is 0.241. The quantitative estimate of drug-likeness (QED) is 0.391. The van der Waals surface area contributed by atoms with Crippen LogP contribution in [0.15, 0.2) is 84.9 Å². The number of piperidine rings is 1. The first-order chi connectivity index (χ1) is 17.1. The largest absolute Gasteiger partial charge is 0.352 e. The summed E-state index contributed by atoms with van der Waals surface area (Å²) >= 11 is 6.07. The highest BCUT2D eigenvalue weighted by Gasteiger charge is 2.30. The van der Waals surface area contributed by atoms with Crippen molar-refractivity contribution in [3.63, 3.8) is 0 Å². The third-order valence-corrected chi connectivity index (χ3v) is 6.92. The maximum atomic E-state index is 13.7. The smallest absolute Gasteiger partial charge is 0.270 e. The van der Waals surface area contributed by atoms with Crippen molar-refractivity contribution in [2.75, 3.05) is 13.1 Å². The number of aromatic nitrogens is 1. The van der Waals surface area contributed by atoms with Gasteiger partial charge >= 0.3 is 0 Å². The summed E-state index contributed by atoms with van der Waals surface area (Å²) in [5.41, 5.74) is 3.80. The van der Waals surface area contributed by atoms with Crippen LogP contribution in [0, 0.1) is 5.92 Å². The van der Waals surface area contributed by atoms with E-state index >= 15 is 0 Å². The first kappa shape index (κ1) is 23.2. The Kier molecular flexibility index (Phi) is 6.87. The van der Waals surface area contributed by atoms with Gasteiger partial charge in [-0.25, -0.2) is 0 Å². The molecule has 35 heavy (non-hydrogen) atoms. The van der Waals surface area contributed by atoms with Gasteiger partial charge in [0.25, 0.3) is 5.91 Å². The predicted octanol–water partition coefficient (Wildman–Crippen LogP) is 5.51. The molecule has 1 aromatic heterocycles. The molecule has 5 nitrogen and oxygen atoms in total. The average molecular weight is 486 g/mol. The van der Waals surface area contributed by atoms with Crippen LogP contribution in [0.25, 0.3) is 10.9 Å². The van der Waals surface area contributed by atoms with Gasteiger partial charge in [-0.15, -0.1) is 0 Å². The molecule has 0 saturated carbocycles. The van der Waals surface area contributed by atoms with Gasteiger partial charge in [-0.2, -0.15) is 0 Å². The fourth-order valence-electron chi connectivity index (χ4n) is 4.80. The number of hydrogen-bond acceptors (Lipinski definition) is 2. The van der Waals surface area contributed by atoms with E-state index in [4.69, 9.17) is 11.6 Å². The molecule has 4 aromatic rings. The van der Waals surface area contributed by atoms with Gasteiger partial charge in [0.05, 0.1) is 5.92 Å². The zero-order valence-corrected chi connectivity index (χ0v) is 20.2. The number of para-hydroxylation sites is 1. The van der Waals surface area contributed by atoms with E-state index in [0.29, 0.717) is 36.9 Å². The van der Waals surface area contributed by atoms with E-state index in [1.165, 1.54) is 0 Å². The number of halogens is 1. The molecule has 1 fully saturated rings. The van der Waals surface area contributed by atoms with Crippen molar-refractivity contribution in [1.29, 1.82) is 0 Å². The highest BCUT2D eigenvalue weighted by molar-refractivity contribution is 6.30. The zero-order chi connectivity index (χ0) is 24.2. The number of carbonyl (C=O) groups is 2. The molecular weight excluding hydrogens is 458 g/mol. The summed E-state index contributed by atoms with van der Waals surface area (Å²) in [6, 6.07) is 27.6. The summed E-state index contributed by atoms with van der Waals surface area (Å²) in [7, 11) is 0. The zero-order valence-electron chi connectivity index (χ0n) is 19.5. The van der Waals surface area contributed by atoms with E-state index in [1.54, 1.807) is 0 Å². The Bertz CT molecular complexity index is 1330. The molecular formula is C29H28ClN3O2. The Hall–Kier alpha value is -3.57. The van der Waals surface area contributed by atoms with Crippen LogP contribution in [-0.2, 0) is 17.9 Å². The molecule has 0 radical (unpaired) electrons. The third kappa shape index (κ3) is 5.25. The lowest BCUT2D eigenvalue weighted by atomic mass is 9.96. The number of nitrogens with zero attached hydrogens (tertiary/aromatic N) is 2. The second kappa shape index (κ2) is 10.4. The van der Waals surface area contributed by atoms with E-state index in [0.717, 1.165) is 34.9 Å². The molecule has 178 valence electrons. The second-order valence-corrected chi connectivity index (χ2v) is 9.53.